The third kappa shape index (κ3) is 3.48. The molecule has 4 aliphatic carbocycles. The van der Waals surface area contributed by atoms with Gasteiger partial charge in [-0.3, -0.25) is 4.79 Å². The van der Waals surface area contributed by atoms with Gasteiger partial charge in [0.15, 0.2) is 0 Å². The second-order valence-corrected chi connectivity index (χ2v) is 11.0. The van der Waals surface area contributed by atoms with E-state index < -0.39 is 16.1 Å². The second-order valence-electron chi connectivity index (χ2n) is 9.32. The number of hydrogen-bond donors (Lipinski definition) is 2. The van der Waals surface area contributed by atoms with Crippen molar-refractivity contribution >= 4 is 21.6 Å². The molecule has 6 nitrogen and oxygen atoms in total. The lowest BCUT2D eigenvalue weighted by atomic mass is 9.53. The monoisotopic (exact) mass is 404 g/mol. The molecule has 1 amide bonds. The molecule has 1 atom stereocenters. The van der Waals surface area contributed by atoms with E-state index in [1.165, 1.54) is 19.3 Å². The Hall–Kier alpha value is -1.44. The number of carbonyl (C=O) groups is 1. The second kappa shape index (κ2) is 6.82. The molecular formula is C21H28N2O4S. The number of anilines is 1. The van der Waals surface area contributed by atoms with Gasteiger partial charge in [-0.05, 0) is 93.4 Å². The van der Waals surface area contributed by atoms with Gasteiger partial charge in [0.1, 0.15) is 6.10 Å². The fraction of sp³-hybridized carbons (Fsp3) is 0.667. The number of benzene rings is 1. The van der Waals surface area contributed by atoms with Crippen LogP contribution >= 0.6 is 0 Å². The van der Waals surface area contributed by atoms with Crippen LogP contribution in [-0.2, 0) is 19.6 Å². The van der Waals surface area contributed by atoms with Crippen LogP contribution in [0.15, 0.2) is 29.2 Å². The van der Waals surface area contributed by atoms with Crippen LogP contribution in [0.2, 0.25) is 0 Å². The van der Waals surface area contributed by atoms with Gasteiger partial charge in [0, 0.05) is 17.8 Å². The highest BCUT2D eigenvalue weighted by molar-refractivity contribution is 7.89. The van der Waals surface area contributed by atoms with Crippen LogP contribution in [0.25, 0.3) is 0 Å². The van der Waals surface area contributed by atoms with E-state index in [1.807, 2.05) is 0 Å². The molecule has 7 heteroatoms. The molecule has 1 aliphatic heterocycles. The highest BCUT2D eigenvalue weighted by Crippen LogP contribution is 2.55. The maximum atomic E-state index is 13.0. The quantitative estimate of drug-likeness (QED) is 0.790. The molecule has 1 aromatic carbocycles. The van der Waals surface area contributed by atoms with Gasteiger partial charge in [-0.2, -0.15) is 0 Å². The predicted molar refractivity (Wildman–Crippen MR) is 105 cm³/mol. The Morgan fingerprint density at radius 2 is 1.61 bits per heavy atom. The van der Waals surface area contributed by atoms with E-state index in [-0.39, 0.29) is 16.3 Å². The largest absolute Gasteiger partial charge is 0.368 e. The molecule has 0 spiro atoms. The van der Waals surface area contributed by atoms with Crippen molar-refractivity contribution in [3.63, 3.8) is 0 Å². The fourth-order valence-electron chi connectivity index (χ4n) is 6.30. The number of carbonyl (C=O) groups excluding carboxylic acids is 1. The maximum absolute atomic E-state index is 13.0. The lowest BCUT2D eigenvalue weighted by Gasteiger charge is -2.56. The third-order valence-corrected chi connectivity index (χ3v) is 8.64. The summed E-state index contributed by atoms with van der Waals surface area (Å²) in [6.07, 6.45) is 8.00. The molecule has 5 fully saturated rings. The molecule has 28 heavy (non-hydrogen) atoms. The van der Waals surface area contributed by atoms with E-state index >= 15 is 0 Å². The van der Waals surface area contributed by atoms with E-state index in [1.54, 1.807) is 24.3 Å². The van der Waals surface area contributed by atoms with Gasteiger partial charge in [-0.25, -0.2) is 13.1 Å². The van der Waals surface area contributed by atoms with Crippen LogP contribution in [0, 0.1) is 17.8 Å². The number of ether oxygens (including phenoxy) is 1. The molecule has 0 aromatic heterocycles. The molecule has 5 aliphatic rings. The molecule has 1 heterocycles. The van der Waals surface area contributed by atoms with E-state index in [9.17, 15) is 13.2 Å². The Bertz CT molecular complexity index is 824. The average Bonchev–Trinajstić information content (AvgIpc) is 3.15. The number of hydrogen-bond acceptors (Lipinski definition) is 4. The Kier molecular flexibility index (Phi) is 4.52. The topological polar surface area (TPSA) is 84.5 Å². The SMILES string of the molecule is O=C(Nc1ccc(S(=O)(=O)NC23CC4CC(CC(C4)C2)C3)cc1)[C@H]1CCCO1. The minimum atomic E-state index is -3.57. The molecule has 152 valence electrons. The first-order valence-corrected chi connectivity index (χ1v) is 12.0. The van der Waals surface area contributed by atoms with Crippen LogP contribution in [-0.4, -0.2) is 32.6 Å². The van der Waals surface area contributed by atoms with Crippen LogP contribution in [0.4, 0.5) is 5.69 Å². The molecule has 1 aromatic rings. The highest BCUT2D eigenvalue weighted by Gasteiger charge is 2.52. The van der Waals surface area contributed by atoms with Crippen LogP contribution < -0.4 is 10.0 Å². The van der Waals surface area contributed by atoms with Gasteiger partial charge >= 0.3 is 0 Å². The zero-order valence-electron chi connectivity index (χ0n) is 16.0. The van der Waals surface area contributed by atoms with Crippen molar-refractivity contribution < 1.29 is 17.9 Å². The smallest absolute Gasteiger partial charge is 0.253 e. The predicted octanol–water partition coefficient (Wildman–Crippen LogP) is 3.05. The van der Waals surface area contributed by atoms with E-state index in [0.29, 0.717) is 30.0 Å². The van der Waals surface area contributed by atoms with Crippen molar-refractivity contribution in [3.8, 4) is 0 Å². The summed E-state index contributed by atoms with van der Waals surface area (Å²) in [5.74, 6) is 1.89. The van der Waals surface area contributed by atoms with Crippen molar-refractivity contribution in [1.29, 1.82) is 0 Å². The first kappa shape index (κ1) is 18.6. The summed E-state index contributed by atoms with van der Waals surface area (Å²) < 4.78 is 34.6. The molecule has 1 saturated heterocycles. The van der Waals surface area contributed by atoms with Crippen molar-refractivity contribution in [1.82, 2.24) is 4.72 Å². The minimum absolute atomic E-state index is 0.167. The third-order valence-electron chi connectivity index (χ3n) is 7.04. The first-order chi connectivity index (χ1) is 13.4. The van der Waals surface area contributed by atoms with Gasteiger partial charge in [-0.15, -0.1) is 0 Å². The molecule has 0 radical (unpaired) electrons. The van der Waals surface area contributed by atoms with Crippen molar-refractivity contribution in [2.45, 2.75) is 67.9 Å². The van der Waals surface area contributed by atoms with Crippen LogP contribution in [0.5, 0.6) is 0 Å². The number of rotatable bonds is 5. The van der Waals surface area contributed by atoms with Gasteiger partial charge in [0.2, 0.25) is 10.0 Å². The molecule has 0 unspecified atom stereocenters. The van der Waals surface area contributed by atoms with Gasteiger partial charge in [0.05, 0.1) is 4.90 Å². The zero-order chi connectivity index (χ0) is 19.4. The Morgan fingerprint density at radius 3 is 2.14 bits per heavy atom. The first-order valence-electron chi connectivity index (χ1n) is 10.5. The Morgan fingerprint density at radius 1 is 1.00 bits per heavy atom. The lowest BCUT2D eigenvalue weighted by Crippen LogP contribution is -2.59. The number of nitrogens with one attached hydrogen (secondary N) is 2. The Labute approximate surface area is 166 Å². The Balaban J connectivity index is 1.28. The standard InChI is InChI=1S/C21H28N2O4S/c24-20(19-2-1-7-27-19)22-17-3-5-18(6-4-17)28(25,26)23-21-11-14-8-15(12-21)10-16(9-14)13-21/h3-6,14-16,19,23H,1-2,7-13H2,(H,22,24)/t14?,15?,16?,19-,21?/m1/s1. The molecule has 6 rings (SSSR count). The summed E-state index contributed by atoms with van der Waals surface area (Å²) in [6.45, 7) is 0.616. The van der Waals surface area contributed by atoms with E-state index in [4.69, 9.17) is 4.74 Å². The zero-order valence-corrected chi connectivity index (χ0v) is 16.8. The summed E-state index contributed by atoms with van der Waals surface area (Å²) in [6, 6.07) is 6.46. The normalized spacial score (nSPS) is 36.6. The summed E-state index contributed by atoms with van der Waals surface area (Å²) in [5, 5.41) is 2.81. The molecular weight excluding hydrogens is 376 g/mol. The average molecular weight is 405 g/mol. The van der Waals surface area contributed by atoms with Gasteiger partial charge in [-0.1, -0.05) is 0 Å². The van der Waals surface area contributed by atoms with Gasteiger partial charge < -0.3 is 10.1 Å². The summed E-state index contributed by atoms with van der Waals surface area (Å²) in [5.41, 5.74) is 0.342. The van der Waals surface area contributed by atoms with Crippen molar-refractivity contribution in [2.24, 2.45) is 17.8 Å². The van der Waals surface area contributed by atoms with Gasteiger partial charge in [0.25, 0.3) is 5.91 Å². The minimum Gasteiger partial charge on any atom is -0.368 e. The van der Waals surface area contributed by atoms with Crippen molar-refractivity contribution in [2.75, 3.05) is 11.9 Å². The summed E-state index contributed by atoms with van der Waals surface area (Å²) in [4.78, 5) is 12.4. The number of sulfonamides is 1. The van der Waals surface area contributed by atoms with Crippen LogP contribution in [0.3, 0.4) is 0 Å². The number of amides is 1. The van der Waals surface area contributed by atoms with E-state index in [2.05, 4.69) is 10.0 Å². The summed E-state index contributed by atoms with van der Waals surface area (Å²) in [7, 11) is -3.57. The lowest BCUT2D eigenvalue weighted by molar-refractivity contribution is -0.124. The van der Waals surface area contributed by atoms with E-state index in [0.717, 1.165) is 32.1 Å². The molecule has 4 bridgehead atoms. The summed E-state index contributed by atoms with van der Waals surface area (Å²) >= 11 is 0. The maximum Gasteiger partial charge on any atom is 0.253 e. The van der Waals surface area contributed by atoms with Crippen LogP contribution in [0.1, 0.15) is 51.4 Å². The highest BCUT2D eigenvalue weighted by atomic mass is 32.2. The van der Waals surface area contributed by atoms with Crippen molar-refractivity contribution in [3.05, 3.63) is 24.3 Å². The molecule has 4 saturated carbocycles. The molecule has 2 N–H and O–H groups in total. The fourth-order valence-corrected chi connectivity index (χ4v) is 7.74.